The molecule has 0 spiro atoms. The third-order valence-electron chi connectivity index (χ3n) is 0.944. The standard InChI is InChI=1S/C4H4N4O3/c9-2-3-5-6-7-8(3)1-4(10)11/h2H,1H2,(H,10,11)/p-1. The van der Waals surface area contributed by atoms with E-state index in [1.54, 1.807) is 0 Å². The zero-order valence-corrected chi connectivity index (χ0v) is 5.30. The van der Waals surface area contributed by atoms with Crippen LogP contribution in [0, 0.1) is 0 Å². The highest BCUT2D eigenvalue weighted by Gasteiger charge is 2.02. The van der Waals surface area contributed by atoms with E-state index in [4.69, 9.17) is 0 Å². The molecule has 7 nitrogen and oxygen atoms in total. The summed E-state index contributed by atoms with van der Waals surface area (Å²) in [5, 5.41) is 19.5. The van der Waals surface area contributed by atoms with Crippen LogP contribution in [-0.2, 0) is 11.3 Å². The number of hydrogen-bond acceptors (Lipinski definition) is 6. The van der Waals surface area contributed by atoms with Gasteiger partial charge in [-0.2, -0.15) is 0 Å². The van der Waals surface area contributed by atoms with Crippen molar-refractivity contribution in [2.24, 2.45) is 0 Å². The van der Waals surface area contributed by atoms with Gasteiger partial charge in [0.15, 0.2) is 6.29 Å². The van der Waals surface area contributed by atoms with Crippen molar-refractivity contribution in [1.29, 1.82) is 0 Å². The molecule has 0 saturated heterocycles. The number of nitrogens with zero attached hydrogens (tertiary/aromatic N) is 4. The molecule has 58 valence electrons. The van der Waals surface area contributed by atoms with Gasteiger partial charge in [-0.1, -0.05) is 0 Å². The quantitative estimate of drug-likeness (QED) is 0.438. The van der Waals surface area contributed by atoms with E-state index in [0.29, 0.717) is 6.29 Å². The molecule has 0 amide bonds. The van der Waals surface area contributed by atoms with Gasteiger partial charge in [-0.3, -0.25) is 4.79 Å². The average Bonchev–Trinajstić information content (AvgIpc) is 2.34. The van der Waals surface area contributed by atoms with Crippen LogP contribution in [0.15, 0.2) is 0 Å². The number of aliphatic carboxylic acids is 1. The Morgan fingerprint density at radius 3 is 3.00 bits per heavy atom. The van der Waals surface area contributed by atoms with Crippen LogP contribution in [0.2, 0.25) is 0 Å². The van der Waals surface area contributed by atoms with Crippen molar-refractivity contribution in [2.45, 2.75) is 6.54 Å². The predicted molar refractivity (Wildman–Crippen MR) is 28.2 cm³/mol. The van der Waals surface area contributed by atoms with Crippen LogP contribution >= 0.6 is 0 Å². The Morgan fingerprint density at radius 1 is 1.73 bits per heavy atom. The first kappa shape index (κ1) is 7.32. The van der Waals surface area contributed by atoms with Gasteiger partial charge >= 0.3 is 0 Å². The van der Waals surface area contributed by atoms with Gasteiger partial charge < -0.3 is 9.90 Å². The molecule has 0 atom stereocenters. The van der Waals surface area contributed by atoms with Gasteiger partial charge in [-0.25, -0.2) is 4.68 Å². The highest BCUT2D eigenvalue weighted by atomic mass is 16.4. The lowest BCUT2D eigenvalue weighted by molar-refractivity contribution is -0.306. The fourth-order valence-corrected chi connectivity index (χ4v) is 0.531. The summed E-state index contributed by atoms with van der Waals surface area (Å²) in [6.07, 6.45) is 0.364. The molecule has 7 heteroatoms. The molecule has 0 bridgehead atoms. The topological polar surface area (TPSA) is 101 Å². The van der Waals surface area contributed by atoms with E-state index < -0.39 is 12.5 Å². The maximum Gasteiger partial charge on any atom is 0.215 e. The fraction of sp³-hybridized carbons (Fsp3) is 0.250. The summed E-state index contributed by atoms with van der Waals surface area (Å²) in [4.78, 5) is 20.1. The van der Waals surface area contributed by atoms with E-state index in [1.165, 1.54) is 0 Å². The van der Waals surface area contributed by atoms with Crippen LogP contribution < -0.4 is 5.11 Å². The van der Waals surface area contributed by atoms with Crippen LogP contribution in [0.4, 0.5) is 0 Å². The van der Waals surface area contributed by atoms with E-state index in [2.05, 4.69) is 15.5 Å². The minimum absolute atomic E-state index is 0.130. The second kappa shape index (κ2) is 2.86. The van der Waals surface area contributed by atoms with Gasteiger partial charge in [-0.15, -0.1) is 5.10 Å². The Kier molecular flexibility index (Phi) is 1.90. The molecule has 0 aliphatic heterocycles. The monoisotopic (exact) mass is 155 g/mol. The second-order valence-electron chi connectivity index (χ2n) is 1.68. The average molecular weight is 155 g/mol. The molecule has 1 heterocycles. The number of aromatic nitrogens is 4. The summed E-state index contributed by atoms with van der Waals surface area (Å²) in [5.41, 5.74) is 0. The Labute approximate surface area is 60.6 Å². The molecule has 0 N–H and O–H groups in total. The summed E-state index contributed by atoms with van der Waals surface area (Å²) in [7, 11) is 0. The molecule has 0 aliphatic rings. The third kappa shape index (κ3) is 1.57. The van der Waals surface area contributed by atoms with Gasteiger partial charge in [0.25, 0.3) is 0 Å². The number of carboxylic acids is 1. The van der Waals surface area contributed by atoms with Crippen molar-refractivity contribution >= 4 is 12.3 Å². The minimum atomic E-state index is -1.35. The van der Waals surface area contributed by atoms with Crippen LogP contribution in [0.25, 0.3) is 0 Å². The summed E-state index contributed by atoms with van der Waals surface area (Å²) in [6, 6.07) is 0. The number of rotatable bonds is 3. The largest absolute Gasteiger partial charge is 0.548 e. The van der Waals surface area contributed by atoms with Crippen molar-refractivity contribution in [1.82, 2.24) is 20.2 Å². The maximum absolute atomic E-state index is 10.1. The molecule has 1 aromatic rings. The number of aldehydes is 1. The maximum atomic E-state index is 10.1. The summed E-state index contributed by atoms with van der Waals surface area (Å²) in [5.74, 6) is -1.48. The highest BCUT2D eigenvalue weighted by molar-refractivity contribution is 5.70. The van der Waals surface area contributed by atoms with Gasteiger partial charge in [0.05, 0.1) is 12.5 Å². The molecule has 0 aliphatic carbocycles. The second-order valence-corrected chi connectivity index (χ2v) is 1.68. The van der Waals surface area contributed by atoms with Crippen molar-refractivity contribution in [2.75, 3.05) is 0 Å². The van der Waals surface area contributed by atoms with Gasteiger partial charge in [0, 0.05) is 0 Å². The Bertz CT molecular complexity index is 281. The van der Waals surface area contributed by atoms with Crippen molar-refractivity contribution in [3.05, 3.63) is 5.82 Å². The highest BCUT2D eigenvalue weighted by Crippen LogP contribution is 1.84. The molecule has 1 rings (SSSR count). The number of carbonyl (C=O) groups excluding carboxylic acids is 2. The Morgan fingerprint density at radius 2 is 2.45 bits per heavy atom. The Hall–Kier alpha value is -1.79. The van der Waals surface area contributed by atoms with E-state index in [9.17, 15) is 14.7 Å². The van der Waals surface area contributed by atoms with Crippen LogP contribution in [0.1, 0.15) is 10.6 Å². The van der Waals surface area contributed by atoms with E-state index in [-0.39, 0.29) is 5.82 Å². The predicted octanol–water partition coefficient (Wildman–Crippen LogP) is -2.76. The summed E-state index contributed by atoms with van der Waals surface area (Å²) in [6.45, 7) is -0.513. The number of carbonyl (C=O) groups is 2. The normalized spacial score (nSPS) is 9.45. The zero-order valence-electron chi connectivity index (χ0n) is 5.30. The molecule has 1 aromatic heterocycles. The van der Waals surface area contributed by atoms with Crippen molar-refractivity contribution in [3.63, 3.8) is 0 Å². The molecule has 0 saturated carbocycles. The molecular weight excluding hydrogens is 152 g/mol. The first-order chi connectivity index (χ1) is 5.24. The van der Waals surface area contributed by atoms with E-state index >= 15 is 0 Å². The van der Waals surface area contributed by atoms with Gasteiger partial charge in [-0.05, 0) is 10.4 Å². The molecule has 0 aromatic carbocycles. The fourth-order valence-electron chi connectivity index (χ4n) is 0.531. The lowest BCUT2D eigenvalue weighted by Gasteiger charge is -1.99. The SMILES string of the molecule is O=Cc1nnnn1CC(=O)[O-]. The zero-order chi connectivity index (χ0) is 8.27. The molecule has 11 heavy (non-hydrogen) atoms. The molecule has 0 unspecified atom stereocenters. The molecule has 0 radical (unpaired) electrons. The van der Waals surface area contributed by atoms with E-state index in [0.717, 1.165) is 4.68 Å². The van der Waals surface area contributed by atoms with Crippen LogP contribution in [0.3, 0.4) is 0 Å². The van der Waals surface area contributed by atoms with E-state index in [1.807, 2.05) is 0 Å². The minimum Gasteiger partial charge on any atom is -0.548 e. The van der Waals surface area contributed by atoms with Crippen LogP contribution in [0.5, 0.6) is 0 Å². The van der Waals surface area contributed by atoms with Crippen molar-refractivity contribution < 1.29 is 14.7 Å². The lowest BCUT2D eigenvalue weighted by Crippen LogP contribution is -2.28. The summed E-state index contributed by atoms with van der Waals surface area (Å²) >= 11 is 0. The lowest BCUT2D eigenvalue weighted by atomic mass is 10.6. The number of carboxylic acid groups (broad SMARTS) is 1. The van der Waals surface area contributed by atoms with Crippen LogP contribution in [-0.4, -0.2) is 32.5 Å². The smallest absolute Gasteiger partial charge is 0.215 e. The van der Waals surface area contributed by atoms with Gasteiger partial charge in [0.1, 0.15) is 0 Å². The van der Waals surface area contributed by atoms with Crippen molar-refractivity contribution in [3.8, 4) is 0 Å². The molecule has 0 fully saturated rings. The first-order valence-electron chi connectivity index (χ1n) is 2.65. The van der Waals surface area contributed by atoms with Gasteiger partial charge in [0.2, 0.25) is 5.82 Å². The Balaban J connectivity index is 2.84. The number of tetrazole rings is 1. The third-order valence-corrected chi connectivity index (χ3v) is 0.944. The molecular formula is C4H3N4O3-. The summed E-state index contributed by atoms with van der Waals surface area (Å²) < 4.78 is 0.836. The number of hydrogen-bond donors (Lipinski definition) is 0. The first-order valence-corrected chi connectivity index (χ1v) is 2.65.